The first-order valence-electron chi connectivity index (χ1n) is 5.49. The maximum atomic E-state index is 13.2. The van der Waals surface area contributed by atoms with Crippen molar-refractivity contribution in [3.05, 3.63) is 59.2 Å². The zero-order valence-electron chi connectivity index (χ0n) is 9.91. The molecule has 0 saturated heterocycles. The van der Waals surface area contributed by atoms with E-state index < -0.39 is 5.82 Å². The number of aryl methyl sites for hydroxylation is 1. The van der Waals surface area contributed by atoms with Crippen LogP contribution in [-0.4, -0.2) is 0 Å². The molecule has 94 valence electrons. The highest BCUT2D eigenvalue weighted by Crippen LogP contribution is 2.18. The normalized spacial score (nSPS) is 10.4. The molecule has 2 rings (SSSR count). The second kappa shape index (κ2) is 5.04. The lowest BCUT2D eigenvalue weighted by Gasteiger charge is -2.08. The molecule has 0 saturated carbocycles. The molecule has 0 aliphatic heterocycles. The third-order valence-electron chi connectivity index (χ3n) is 2.60. The minimum Gasteiger partial charge on any atom is -0.489 e. The summed E-state index contributed by atoms with van der Waals surface area (Å²) < 4.78 is 31.7. The Balaban J connectivity index is 2.06. The van der Waals surface area contributed by atoms with Crippen LogP contribution in [0.4, 0.5) is 14.5 Å². The Bertz CT molecular complexity index is 518. The van der Waals surface area contributed by atoms with Crippen LogP contribution < -0.4 is 10.5 Å². The number of ether oxygens (including phenoxy) is 1. The molecule has 2 aromatic carbocycles. The van der Waals surface area contributed by atoms with Crippen molar-refractivity contribution in [1.29, 1.82) is 0 Å². The molecule has 0 aromatic heterocycles. The van der Waals surface area contributed by atoms with Crippen LogP contribution in [0.3, 0.4) is 0 Å². The summed E-state index contributed by atoms with van der Waals surface area (Å²) >= 11 is 0. The predicted molar refractivity (Wildman–Crippen MR) is 66.3 cm³/mol. The Morgan fingerprint density at radius 3 is 2.50 bits per heavy atom. The minimum atomic E-state index is -0.466. The van der Waals surface area contributed by atoms with Crippen molar-refractivity contribution >= 4 is 5.69 Å². The smallest absolute Gasteiger partial charge is 0.146 e. The van der Waals surface area contributed by atoms with E-state index in [4.69, 9.17) is 10.5 Å². The number of anilines is 1. The van der Waals surface area contributed by atoms with Gasteiger partial charge in [-0.1, -0.05) is 6.07 Å². The van der Waals surface area contributed by atoms with E-state index in [9.17, 15) is 8.78 Å². The average Bonchev–Trinajstić information content (AvgIpc) is 2.35. The fourth-order valence-electron chi connectivity index (χ4n) is 1.53. The van der Waals surface area contributed by atoms with E-state index in [0.717, 1.165) is 0 Å². The fourth-order valence-corrected chi connectivity index (χ4v) is 1.53. The van der Waals surface area contributed by atoms with Crippen molar-refractivity contribution in [2.24, 2.45) is 0 Å². The van der Waals surface area contributed by atoms with Gasteiger partial charge in [0, 0.05) is 0 Å². The number of hydrogen-bond acceptors (Lipinski definition) is 2. The summed E-state index contributed by atoms with van der Waals surface area (Å²) in [6.07, 6.45) is 0. The van der Waals surface area contributed by atoms with Crippen LogP contribution >= 0.6 is 0 Å². The van der Waals surface area contributed by atoms with Gasteiger partial charge in [0.25, 0.3) is 0 Å². The molecular weight excluding hydrogens is 236 g/mol. The first-order valence-corrected chi connectivity index (χ1v) is 5.49. The molecule has 2 aromatic rings. The van der Waals surface area contributed by atoms with Crippen molar-refractivity contribution in [2.75, 3.05) is 5.73 Å². The Labute approximate surface area is 104 Å². The topological polar surface area (TPSA) is 35.2 Å². The van der Waals surface area contributed by atoms with Gasteiger partial charge in [0.1, 0.15) is 24.0 Å². The van der Waals surface area contributed by atoms with Crippen molar-refractivity contribution in [3.63, 3.8) is 0 Å². The number of nitrogen functional groups attached to an aromatic ring is 1. The van der Waals surface area contributed by atoms with E-state index in [1.54, 1.807) is 19.1 Å². The van der Waals surface area contributed by atoms with Crippen LogP contribution in [0.5, 0.6) is 5.75 Å². The van der Waals surface area contributed by atoms with E-state index in [1.165, 1.54) is 24.3 Å². The molecule has 0 bridgehead atoms. The number of halogens is 2. The van der Waals surface area contributed by atoms with Crippen LogP contribution in [0.15, 0.2) is 36.4 Å². The highest BCUT2D eigenvalue weighted by atomic mass is 19.1. The Morgan fingerprint density at radius 1 is 1.06 bits per heavy atom. The molecular formula is C14H13F2NO. The first-order chi connectivity index (χ1) is 8.56. The average molecular weight is 249 g/mol. The molecule has 2 nitrogen and oxygen atoms in total. The first kappa shape index (κ1) is 12.4. The highest BCUT2D eigenvalue weighted by molar-refractivity contribution is 5.41. The SMILES string of the molecule is Cc1cc(OCc2ccc(N)c(F)c2)ccc1F. The van der Waals surface area contributed by atoms with Crippen molar-refractivity contribution < 1.29 is 13.5 Å². The van der Waals surface area contributed by atoms with Crippen molar-refractivity contribution in [1.82, 2.24) is 0 Å². The summed E-state index contributed by atoms with van der Waals surface area (Å²) in [4.78, 5) is 0. The number of nitrogens with two attached hydrogens (primary N) is 1. The van der Waals surface area contributed by atoms with Gasteiger partial charge in [-0.15, -0.1) is 0 Å². The molecule has 0 amide bonds. The summed E-state index contributed by atoms with van der Waals surface area (Å²) in [5, 5.41) is 0. The van der Waals surface area contributed by atoms with Crippen LogP contribution in [-0.2, 0) is 6.61 Å². The third kappa shape index (κ3) is 2.77. The van der Waals surface area contributed by atoms with Gasteiger partial charge in [-0.25, -0.2) is 8.78 Å². The Kier molecular flexibility index (Phi) is 3.46. The highest BCUT2D eigenvalue weighted by Gasteiger charge is 2.03. The molecule has 0 atom stereocenters. The van der Waals surface area contributed by atoms with Crippen LogP contribution in [0.1, 0.15) is 11.1 Å². The summed E-state index contributed by atoms with van der Waals surface area (Å²) in [5.74, 6) is -0.196. The number of hydrogen-bond donors (Lipinski definition) is 1. The quantitative estimate of drug-likeness (QED) is 0.846. The number of rotatable bonds is 3. The van der Waals surface area contributed by atoms with E-state index in [-0.39, 0.29) is 18.1 Å². The lowest BCUT2D eigenvalue weighted by atomic mass is 10.2. The van der Waals surface area contributed by atoms with E-state index >= 15 is 0 Å². The summed E-state index contributed by atoms with van der Waals surface area (Å²) in [6, 6.07) is 8.98. The monoisotopic (exact) mass is 249 g/mol. The van der Waals surface area contributed by atoms with Gasteiger partial charge in [0.15, 0.2) is 0 Å². The largest absolute Gasteiger partial charge is 0.489 e. The third-order valence-corrected chi connectivity index (χ3v) is 2.60. The van der Waals surface area contributed by atoms with Gasteiger partial charge < -0.3 is 10.5 Å². The maximum absolute atomic E-state index is 13.2. The van der Waals surface area contributed by atoms with Crippen molar-refractivity contribution in [3.8, 4) is 5.75 Å². The summed E-state index contributed by atoms with van der Waals surface area (Å²) in [7, 11) is 0. The van der Waals surface area contributed by atoms with Gasteiger partial charge in [-0.2, -0.15) is 0 Å². The molecule has 0 aliphatic rings. The van der Waals surface area contributed by atoms with Crippen molar-refractivity contribution in [2.45, 2.75) is 13.5 Å². The second-order valence-electron chi connectivity index (χ2n) is 4.06. The minimum absolute atomic E-state index is 0.108. The van der Waals surface area contributed by atoms with Crippen LogP contribution in [0.2, 0.25) is 0 Å². The van der Waals surface area contributed by atoms with Gasteiger partial charge >= 0.3 is 0 Å². The molecule has 2 N–H and O–H groups in total. The van der Waals surface area contributed by atoms with Gasteiger partial charge in [-0.05, 0) is 48.4 Å². The molecule has 0 heterocycles. The standard InChI is InChI=1S/C14H13F2NO/c1-9-6-11(3-4-12(9)15)18-8-10-2-5-14(17)13(16)7-10/h2-7H,8,17H2,1H3. The Hall–Kier alpha value is -2.10. The zero-order chi connectivity index (χ0) is 13.1. The fraction of sp³-hybridized carbons (Fsp3) is 0.143. The molecule has 4 heteroatoms. The molecule has 0 fully saturated rings. The molecule has 0 radical (unpaired) electrons. The number of benzene rings is 2. The Morgan fingerprint density at radius 2 is 1.83 bits per heavy atom. The summed E-state index contributed by atoms with van der Waals surface area (Å²) in [6.45, 7) is 1.87. The lowest BCUT2D eigenvalue weighted by molar-refractivity contribution is 0.305. The second-order valence-corrected chi connectivity index (χ2v) is 4.06. The van der Waals surface area contributed by atoms with E-state index in [0.29, 0.717) is 16.9 Å². The molecule has 0 spiro atoms. The molecule has 0 aliphatic carbocycles. The predicted octanol–water partition coefficient (Wildman–Crippen LogP) is 3.43. The van der Waals surface area contributed by atoms with E-state index in [2.05, 4.69) is 0 Å². The lowest BCUT2D eigenvalue weighted by Crippen LogP contribution is -1.98. The molecule has 0 unspecified atom stereocenters. The van der Waals surface area contributed by atoms with E-state index in [1.807, 2.05) is 0 Å². The van der Waals surface area contributed by atoms with Crippen LogP contribution in [0.25, 0.3) is 0 Å². The van der Waals surface area contributed by atoms with Gasteiger partial charge in [0.2, 0.25) is 0 Å². The summed E-state index contributed by atoms with van der Waals surface area (Å²) in [5.41, 5.74) is 6.66. The molecule has 18 heavy (non-hydrogen) atoms. The zero-order valence-corrected chi connectivity index (χ0v) is 9.91. The van der Waals surface area contributed by atoms with Gasteiger partial charge in [-0.3, -0.25) is 0 Å². The maximum Gasteiger partial charge on any atom is 0.146 e. The van der Waals surface area contributed by atoms with Crippen LogP contribution in [0, 0.1) is 18.6 Å². The van der Waals surface area contributed by atoms with Gasteiger partial charge in [0.05, 0.1) is 5.69 Å².